The topological polar surface area (TPSA) is 77.0 Å². The van der Waals surface area contributed by atoms with Crippen LogP contribution in [0.4, 0.5) is 8.78 Å². The van der Waals surface area contributed by atoms with Gasteiger partial charge in [0, 0.05) is 12.3 Å². The predicted molar refractivity (Wildman–Crippen MR) is 120 cm³/mol. The molecule has 0 saturated heterocycles. The number of carbonyl (C=O) groups excluding carboxylic acids is 2. The van der Waals surface area contributed by atoms with Gasteiger partial charge in [0.2, 0.25) is 0 Å². The fourth-order valence-corrected chi connectivity index (χ4v) is 4.16. The van der Waals surface area contributed by atoms with Gasteiger partial charge in [0.05, 0.1) is 12.7 Å². The van der Waals surface area contributed by atoms with Crippen LogP contribution in [0.25, 0.3) is 11.1 Å². The zero-order chi connectivity index (χ0) is 23.8. The van der Waals surface area contributed by atoms with E-state index in [-0.39, 0.29) is 23.6 Å². The first-order chi connectivity index (χ1) is 15.9. The number of ether oxygens (including phenoxy) is 1. The summed E-state index contributed by atoms with van der Waals surface area (Å²) in [5, 5.41) is 6.65. The summed E-state index contributed by atoms with van der Waals surface area (Å²) < 4.78 is 33.0. The number of nitrogens with one attached hydrogen (secondary N) is 1. The summed E-state index contributed by atoms with van der Waals surface area (Å²) in [4.78, 5) is 30.2. The number of esters is 1. The van der Waals surface area contributed by atoms with E-state index in [2.05, 4.69) is 10.5 Å². The van der Waals surface area contributed by atoms with Crippen LogP contribution in [-0.2, 0) is 25.6 Å². The Balaban J connectivity index is 1.76. The second-order valence-electron chi connectivity index (χ2n) is 8.04. The van der Waals surface area contributed by atoms with Gasteiger partial charge in [-0.3, -0.25) is 4.79 Å². The number of rotatable bonds is 8. The van der Waals surface area contributed by atoms with Crippen LogP contribution in [-0.4, -0.2) is 37.8 Å². The molecule has 33 heavy (non-hydrogen) atoms. The standard InChI is InChI=1S/C25H28F2N2O4/c1-32-25(31)21(28-24(30)23(29-33-2)18-7-4-3-5-8-18)15-16-11-13-17(14-12-16)22-19(26)9-6-10-20(22)27/h6,9-14,18,21H,3-5,7-8,15H2,1-2H3,(H,28,30)/t21-/m0/s1. The van der Waals surface area contributed by atoms with Gasteiger partial charge >= 0.3 is 5.97 Å². The maximum Gasteiger partial charge on any atom is 0.328 e. The molecule has 8 heteroatoms. The second-order valence-corrected chi connectivity index (χ2v) is 8.04. The minimum absolute atomic E-state index is 0.0213. The number of hydrogen-bond acceptors (Lipinski definition) is 5. The van der Waals surface area contributed by atoms with Crippen molar-refractivity contribution < 1.29 is 27.9 Å². The average molecular weight is 459 g/mol. The second kappa shape index (κ2) is 11.5. The van der Waals surface area contributed by atoms with E-state index in [1.807, 2.05) is 0 Å². The number of amides is 1. The number of halogens is 2. The number of oxime groups is 1. The molecule has 1 aliphatic carbocycles. The number of carbonyl (C=O) groups is 2. The number of hydrogen-bond donors (Lipinski definition) is 1. The molecule has 2 aromatic rings. The summed E-state index contributed by atoms with van der Waals surface area (Å²) >= 11 is 0. The highest BCUT2D eigenvalue weighted by Crippen LogP contribution is 2.27. The molecule has 0 bridgehead atoms. The zero-order valence-corrected chi connectivity index (χ0v) is 18.8. The molecule has 6 nitrogen and oxygen atoms in total. The van der Waals surface area contributed by atoms with Crippen molar-refractivity contribution >= 4 is 17.6 Å². The molecule has 0 spiro atoms. The fraction of sp³-hybridized carbons (Fsp3) is 0.400. The molecule has 1 N–H and O–H groups in total. The molecule has 1 amide bonds. The van der Waals surface area contributed by atoms with Gasteiger partial charge in [-0.2, -0.15) is 0 Å². The molecule has 0 aliphatic heterocycles. The predicted octanol–water partition coefficient (Wildman–Crippen LogP) is 4.41. The first kappa shape index (κ1) is 24.4. The minimum atomic E-state index is -0.954. The molecular formula is C25H28F2N2O4. The van der Waals surface area contributed by atoms with E-state index in [0.29, 0.717) is 11.1 Å². The van der Waals surface area contributed by atoms with Crippen molar-refractivity contribution in [3.63, 3.8) is 0 Å². The van der Waals surface area contributed by atoms with Crippen LogP contribution in [0.5, 0.6) is 0 Å². The monoisotopic (exact) mass is 458 g/mol. The van der Waals surface area contributed by atoms with E-state index in [0.717, 1.165) is 32.1 Å². The summed E-state index contributed by atoms with van der Waals surface area (Å²) in [6.45, 7) is 0. The Kier molecular flexibility index (Phi) is 8.52. The fourth-order valence-electron chi connectivity index (χ4n) is 4.16. The smallest absolute Gasteiger partial charge is 0.328 e. The van der Waals surface area contributed by atoms with Gasteiger partial charge in [0.15, 0.2) is 0 Å². The molecule has 0 heterocycles. The Morgan fingerprint density at radius 2 is 1.67 bits per heavy atom. The van der Waals surface area contributed by atoms with Gasteiger partial charge in [-0.05, 0) is 36.1 Å². The van der Waals surface area contributed by atoms with Gasteiger partial charge < -0.3 is 14.9 Å². The third-order valence-corrected chi connectivity index (χ3v) is 5.85. The average Bonchev–Trinajstić information content (AvgIpc) is 2.83. The third-order valence-electron chi connectivity index (χ3n) is 5.85. The maximum absolute atomic E-state index is 14.1. The van der Waals surface area contributed by atoms with E-state index in [9.17, 15) is 18.4 Å². The molecule has 1 saturated carbocycles. The van der Waals surface area contributed by atoms with Crippen molar-refractivity contribution in [1.29, 1.82) is 0 Å². The Morgan fingerprint density at radius 1 is 1.03 bits per heavy atom. The highest BCUT2D eigenvalue weighted by Gasteiger charge is 2.30. The summed E-state index contributed by atoms with van der Waals surface area (Å²) in [5.74, 6) is -2.41. The first-order valence-corrected chi connectivity index (χ1v) is 11.0. The lowest BCUT2D eigenvalue weighted by molar-refractivity contribution is -0.144. The van der Waals surface area contributed by atoms with E-state index >= 15 is 0 Å². The lowest BCUT2D eigenvalue weighted by Gasteiger charge is -2.24. The highest BCUT2D eigenvalue weighted by atomic mass is 19.1. The Hall–Kier alpha value is -3.29. The van der Waals surface area contributed by atoms with E-state index in [4.69, 9.17) is 9.57 Å². The molecular weight excluding hydrogens is 430 g/mol. The van der Waals surface area contributed by atoms with Crippen molar-refractivity contribution in [1.82, 2.24) is 5.32 Å². The number of benzene rings is 2. The minimum Gasteiger partial charge on any atom is -0.467 e. The summed E-state index contributed by atoms with van der Waals surface area (Å²) in [6, 6.07) is 9.22. The summed E-state index contributed by atoms with van der Waals surface area (Å²) in [5.41, 5.74) is 1.22. The molecule has 1 aliphatic rings. The summed E-state index contributed by atoms with van der Waals surface area (Å²) in [7, 11) is 2.63. The lowest BCUT2D eigenvalue weighted by Crippen LogP contribution is -2.47. The Bertz CT molecular complexity index is 982. The van der Waals surface area contributed by atoms with Crippen molar-refractivity contribution in [3.8, 4) is 11.1 Å². The van der Waals surface area contributed by atoms with Gasteiger partial charge in [-0.1, -0.05) is 54.8 Å². The van der Waals surface area contributed by atoms with Crippen LogP contribution in [0.1, 0.15) is 37.7 Å². The van der Waals surface area contributed by atoms with Crippen LogP contribution in [0.15, 0.2) is 47.6 Å². The zero-order valence-electron chi connectivity index (χ0n) is 18.8. The van der Waals surface area contributed by atoms with Gasteiger partial charge in [-0.15, -0.1) is 0 Å². The Morgan fingerprint density at radius 3 is 2.24 bits per heavy atom. The van der Waals surface area contributed by atoms with Crippen molar-refractivity contribution in [2.45, 2.75) is 44.6 Å². The Labute approximate surface area is 192 Å². The molecule has 3 rings (SSSR count). The van der Waals surface area contributed by atoms with E-state index in [1.54, 1.807) is 24.3 Å². The molecule has 1 fully saturated rings. The van der Waals surface area contributed by atoms with Gasteiger partial charge in [-0.25, -0.2) is 13.6 Å². The maximum atomic E-state index is 14.1. The van der Waals surface area contributed by atoms with Crippen LogP contribution in [0.3, 0.4) is 0 Å². The third kappa shape index (κ3) is 6.15. The van der Waals surface area contributed by atoms with Crippen molar-refractivity contribution in [2.75, 3.05) is 14.2 Å². The molecule has 176 valence electrons. The van der Waals surface area contributed by atoms with Crippen molar-refractivity contribution in [2.24, 2.45) is 11.1 Å². The quantitative estimate of drug-likeness (QED) is 0.361. The normalized spacial score (nSPS) is 15.6. The first-order valence-electron chi connectivity index (χ1n) is 11.0. The molecule has 0 aromatic heterocycles. The summed E-state index contributed by atoms with van der Waals surface area (Å²) in [6.07, 6.45) is 4.96. The molecule has 0 unspecified atom stereocenters. The van der Waals surface area contributed by atoms with Crippen LogP contribution in [0, 0.1) is 17.6 Å². The molecule has 2 aromatic carbocycles. The number of nitrogens with zero attached hydrogens (tertiary/aromatic N) is 1. The molecule has 0 radical (unpaired) electrons. The van der Waals surface area contributed by atoms with E-state index < -0.39 is 29.6 Å². The van der Waals surface area contributed by atoms with E-state index in [1.165, 1.54) is 32.4 Å². The molecule has 1 atom stereocenters. The number of methoxy groups -OCH3 is 1. The highest BCUT2D eigenvalue weighted by molar-refractivity contribution is 6.39. The lowest BCUT2D eigenvalue weighted by atomic mass is 9.85. The van der Waals surface area contributed by atoms with Crippen molar-refractivity contribution in [3.05, 3.63) is 59.7 Å². The van der Waals surface area contributed by atoms with Crippen LogP contribution < -0.4 is 5.32 Å². The van der Waals surface area contributed by atoms with Gasteiger partial charge in [0.1, 0.15) is 30.5 Å². The SMILES string of the molecule is CON=C(C(=O)N[C@@H](Cc1ccc(-c2c(F)cccc2F)cc1)C(=O)OC)C1CCCCC1. The largest absolute Gasteiger partial charge is 0.467 e. The van der Waals surface area contributed by atoms with Crippen LogP contribution in [0.2, 0.25) is 0 Å². The van der Waals surface area contributed by atoms with Gasteiger partial charge in [0.25, 0.3) is 5.91 Å². The van der Waals surface area contributed by atoms with Crippen LogP contribution >= 0.6 is 0 Å².